The second kappa shape index (κ2) is 10.4. The number of anilines is 2. The van der Waals surface area contributed by atoms with Gasteiger partial charge in [0.15, 0.2) is 0 Å². The van der Waals surface area contributed by atoms with E-state index < -0.39 is 49.7 Å². The molecule has 15 heteroatoms. The molecule has 2 aromatic heterocycles. The van der Waals surface area contributed by atoms with Gasteiger partial charge in [-0.2, -0.15) is 0 Å². The Morgan fingerprint density at radius 1 is 1.02 bits per heavy atom. The van der Waals surface area contributed by atoms with Gasteiger partial charge in [-0.25, -0.2) is 18.5 Å². The maximum atomic E-state index is 13.8. The Balaban J connectivity index is 1.33. The number of nitrogens with zero attached hydrogens (tertiary/aromatic N) is 2. The van der Waals surface area contributed by atoms with Crippen LogP contribution in [0.4, 0.5) is 11.4 Å². The van der Waals surface area contributed by atoms with Crippen LogP contribution in [0.25, 0.3) is 0 Å². The molecule has 3 atom stereocenters. The number of carbonyl (C=O) groups excluding carboxylic acids is 3. The number of primary sulfonamides is 1. The molecule has 210 valence electrons. The summed E-state index contributed by atoms with van der Waals surface area (Å²) in [6.07, 6.45) is 1.47. The molecule has 3 amide bonds. The molecule has 2 unspecified atom stereocenters. The first-order valence-electron chi connectivity index (χ1n) is 12.0. The number of imide groups is 1. The van der Waals surface area contributed by atoms with Crippen molar-refractivity contribution < 1.29 is 27.2 Å². The number of amides is 3. The average molecular weight is 676 g/mol. The van der Waals surface area contributed by atoms with Crippen LogP contribution < -0.4 is 20.2 Å². The van der Waals surface area contributed by atoms with Crippen molar-refractivity contribution in [3.8, 4) is 0 Å². The fraction of sp³-hybridized carbons (Fsp3) is 0.154. The number of aromatic nitrogens is 1. The Morgan fingerprint density at radius 2 is 1.73 bits per heavy atom. The summed E-state index contributed by atoms with van der Waals surface area (Å²) < 4.78 is 30.8. The molecule has 2 aliphatic rings. The lowest BCUT2D eigenvalue weighted by Crippen LogP contribution is -2.32. The van der Waals surface area contributed by atoms with E-state index >= 15 is 0 Å². The summed E-state index contributed by atoms with van der Waals surface area (Å²) in [6.45, 7) is -0.366. The smallest absolute Gasteiger partial charge is 0.308 e. The van der Waals surface area contributed by atoms with Gasteiger partial charge in [-0.05, 0) is 60.7 Å². The van der Waals surface area contributed by atoms with E-state index in [4.69, 9.17) is 9.56 Å². The van der Waals surface area contributed by atoms with Gasteiger partial charge < -0.3 is 9.73 Å². The number of nitrogens with one attached hydrogen (secondary N) is 1. The van der Waals surface area contributed by atoms with Gasteiger partial charge in [0.2, 0.25) is 27.7 Å². The monoisotopic (exact) mass is 674 g/mol. The standard InChI is InChI=1S/C26H19BrN4O7S3/c27-13-3-7-15(8-4-13)31-23(33)20-19(17-2-1-11-38-17)22-25(39-21(20)24(31)34)30(26(35)40-22)12-18(32)29-14-5-9-16(10-6-14)41(28,36)37/h1-11,19-21H,12H2,(H,29,32)(H2,28,36,37)/t19-,20?,21?/m1/s1. The molecule has 1 saturated heterocycles. The lowest BCUT2D eigenvalue weighted by atomic mass is 9.87. The average Bonchev–Trinajstić information content (AvgIpc) is 3.62. The van der Waals surface area contributed by atoms with E-state index in [9.17, 15) is 27.6 Å². The highest BCUT2D eigenvalue weighted by Gasteiger charge is 2.57. The quantitative estimate of drug-likeness (QED) is 0.294. The molecule has 4 heterocycles. The van der Waals surface area contributed by atoms with Gasteiger partial charge in [0.05, 0.1) is 38.6 Å². The number of halogens is 1. The van der Waals surface area contributed by atoms with Gasteiger partial charge in [0.1, 0.15) is 17.6 Å². The van der Waals surface area contributed by atoms with Crippen LogP contribution in [-0.2, 0) is 31.0 Å². The van der Waals surface area contributed by atoms with E-state index in [1.54, 1.807) is 36.4 Å². The number of hydrogen-bond donors (Lipinski definition) is 2. The molecule has 6 rings (SSSR count). The number of thiazole rings is 1. The molecule has 0 aliphatic carbocycles. The van der Waals surface area contributed by atoms with Crippen molar-refractivity contribution in [2.24, 2.45) is 11.1 Å². The van der Waals surface area contributed by atoms with Gasteiger partial charge in [-0.1, -0.05) is 39.0 Å². The minimum Gasteiger partial charge on any atom is -0.469 e. The third-order valence-corrected chi connectivity index (χ3v) is 10.8. The summed E-state index contributed by atoms with van der Waals surface area (Å²) in [5, 5.41) is 7.33. The van der Waals surface area contributed by atoms with E-state index in [1.165, 1.54) is 40.0 Å². The van der Waals surface area contributed by atoms with Crippen LogP contribution in [-0.4, -0.2) is 36.0 Å². The summed E-state index contributed by atoms with van der Waals surface area (Å²) in [4.78, 5) is 54.7. The van der Waals surface area contributed by atoms with Gasteiger partial charge in [-0.3, -0.25) is 23.7 Å². The number of carbonyl (C=O) groups is 3. The fourth-order valence-corrected chi connectivity index (χ4v) is 8.48. The first-order chi connectivity index (χ1) is 19.5. The second-order valence-corrected chi connectivity index (χ2v) is 13.9. The number of sulfonamides is 1. The zero-order chi connectivity index (χ0) is 29.1. The van der Waals surface area contributed by atoms with E-state index in [2.05, 4.69) is 21.2 Å². The SMILES string of the molecule is NS(=O)(=O)c1ccc(NC(=O)Cn2c3c(sc2=O)[C@H](c2ccco2)C2C(=O)N(c4ccc(Br)cc4)C(=O)C2S3)cc1. The Kier molecular flexibility index (Phi) is 7.02. The van der Waals surface area contributed by atoms with Crippen molar-refractivity contribution >= 4 is 78.1 Å². The molecule has 2 aromatic carbocycles. The first kappa shape index (κ1) is 27.7. The Morgan fingerprint density at radius 3 is 2.37 bits per heavy atom. The molecule has 0 saturated carbocycles. The maximum Gasteiger partial charge on any atom is 0.308 e. The van der Waals surface area contributed by atoms with Crippen LogP contribution in [0.2, 0.25) is 0 Å². The van der Waals surface area contributed by atoms with Crippen LogP contribution in [0.3, 0.4) is 0 Å². The molecule has 3 N–H and O–H groups in total. The highest BCUT2D eigenvalue weighted by atomic mass is 79.9. The molecular formula is C26H19BrN4O7S3. The molecule has 1 fully saturated rings. The van der Waals surface area contributed by atoms with Gasteiger partial charge in [-0.15, -0.1) is 0 Å². The number of fused-ring (bicyclic) bond motifs is 2. The van der Waals surface area contributed by atoms with Crippen LogP contribution in [0.15, 0.2) is 90.5 Å². The number of nitrogens with two attached hydrogens (primary N) is 1. The van der Waals surface area contributed by atoms with E-state index in [0.717, 1.165) is 27.6 Å². The third-order valence-electron chi connectivity index (χ3n) is 6.75. The number of furan rings is 1. The predicted octanol–water partition coefficient (Wildman–Crippen LogP) is 3.35. The van der Waals surface area contributed by atoms with E-state index in [1.807, 2.05) is 0 Å². The van der Waals surface area contributed by atoms with Crippen molar-refractivity contribution in [2.45, 2.75) is 27.6 Å². The summed E-state index contributed by atoms with van der Waals surface area (Å²) in [7, 11) is -3.89. The van der Waals surface area contributed by atoms with Crippen molar-refractivity contribution in [1.82, 2.24) is 4.57 Å². The van der Waals surface area contributed by atoms with Gasteiger partial charge >= 0.3 is 4.87 Å². The van der Waals surface area contributed by atoms with Crippen molar-refractivity contribution in [3.05, 3.63) is 91.7 Å². The summed E-state index contributed by atoms with van der Waals surface area (Å²) in [5.41, 5.74) is 0.743. The van der Waals surface area contributed by atoms with Crippen LogP contribution in [0, 0.1) is 5.92 Å². The minimum atomic E-state index is -3.89. The third kappa shape index (κ3) is 4.97. The molecule has 41 heavy (non-hydrogen) atoms. The molecule has 2 aliphatic heterocycles. The molecule has 0 spiro atoms. The predicted molar refractivity (Wildman–Crippen MR) is 155 cm³/mol. The van der Waals surface area contributed by atoms with E-state index in [0.29, 0.717) is 27.0 Å². The van der Waals surface area contributed by atoms with Gasteiger partial charge in [0.25, 0.3) is 0 Å². The Bertz CT molecular complexity index is 1850. The highest BCUT2D eigenvalue weighted by molar-refractivity contribution is 9.10. The zero-order valence-electron chi connectivity index (χ0n) is 20.7. The molecule has 4 aromatic rings. The highest BCUT2D eigenvalue weighted by Crippen LogP contribution is 2.53. The fourth-order valence-electron chi connectivity index (χ4n) is 4.95. The minimum absolute atomic E-state index is 0.110. The van der Waals surface area contributed by atoms with E-state index in [-0.39, 0.29) is 11.4 Å². The maximum absolute atomic E-state index is 13.8. The van der Waals surface area contributed by atoms with Crippen LogP contribution in [0.1, 0.15) is 16.6 Å². The second-order valence-electron chi connectivity index (χ2n) is 9.29. The molecular weight excluding hydrogens is 656 g/mol. The number of rotatable bonds is 6. The Labute approximate surface area is 249 Å². The molecule has 11 nitrogen and oxygen atoms in total. The Hall–Kier alpha value is -3.50. The van der Waals surface area contributed by atoms with Crippen LogP contribution >= 0.6 is 39.0 Å². The molecule has 0 radical (unpaired) electrons. The normalized spacial score (nSPS) is 20.1. The first-order valence-corrected chi connectivity index (χ1v) is 16.1. The largest absolute Gasteiger partial charge is 0.469 e. The summed E-state index contributed by atoms with van der Waals surface area (Å²) in [6, 6.07) is 15.5. The van der Waals surface area contributed by atoms with Crippen molar-refractivity contribution in [1.29, 1.82) is 0 Å². The topological polar surface area (TPSA) is 162 Å². The number of hydrogen-bond acceptors (Lipinski definition) is 9. The van der Waals surface area contributed by atoms with Crippen molar-refractivity contribution in [2.75, 3.05) is 10.2 Å². The lowest BCUT2D eigenvalue weighted by Gasteiger charge is -2.29. The van der Waals surface area contributed by atoms with Gasteiger partial charge in [0, 0.05) is 10.2 Å². The van der Waals surface area contributed by atoms with Crippen LogP contribution in [0.5, 0.6) is 0 Å². The number of thioether (sulfide) groups is 1. The zero-order valence-corrected chi connectivity index (χ0v) is 24.8. The summed E-state index contributed by atoms with van der Waals surface area (Å²) >= 11 is 5.36. The van der Waals surface area contributed by atoms with Crippen molar-refractivity contribution in [3.63, 3.8) is 0 Å². The number of benzene rings is 2. The molecule has 0 bridgehead atoms. The summed E-state index contributed by atoms with van der Waals surface area (Å²) in [5.74, 6) is -2.43. The lowest BCUT2D eigenvalue weighted by molar-refractivity contribution is -0.122.